The van der Waals surface area contributed by atoms with Gasteiger partial charge in [0.2, 0.25) is 0 Å². The lowest BCUT2D eigenvalue weighted by Gasteiger charge is -2.20. The number of hydrogen-bond acceptors (Lipinski definition) is 3. The van der Waals surface area contributed by atoms with Gasteiger partial charge in [-0.2, -0.15) is 0 Å². The van der Waals surface area contributed by atoms with E-state index in [9.17, 15) is 14.4 Å². The number of hydrogen-bond donors (Lipinski definition) is 0. The fourth-order valence-electron chi connectivity index (χ4n) is 2.75. The third kappa shape index (κ3) is 4.07. The molecule has 0 aliphatic carbocycles. The lowest BCUT2D eigenvalue weighted by molar-refractivity contribution is 0.0538. The average Bonchev–Trinajstić information content (AvgIpc) is 2.69. The molecular formula is C24H21NO3. The number of imide groups is 3. The van der Waals surface area contributed by atoms with E-state index in [-0.39, 0.29) is 16.7 Å². The Labute approximate surface area is 164 Å². The minimum atomic E-state index is -0.642. The van der Waals surface area contributed by atoms with Crippen molar-refractivity contribution in [3.63, 3.8) is 0 Å². The standard InChI is InChI=1S/C24H21NO3/c1-16-4-10-19(11-5-16)22(26)25(23(27)20-12-6-17(2)7-13-20)24(28)21-14-8-18(3)9-15-21/h4-15H,1-3H3. The number of benzene rings is 3. The van der Waals surface area contributed by atoms with Crippen LogP contribution in [-0.2, 0) is 0 Å². The highest BCUT2D eigenvalue weighted by molar-refractivity contribution is 6.24. The van der Waals surface area contributed by atoms with Crippen LogP contribution < -0.4 is 0 Å². The maximum atomic E-state index is 13.1. The number of nitrogens with zero attached hydrogens (tertiary/aromatic N) is 1. The summed E-state index contributed by atoms with van der Waals surface area (Å²) in [7, 11) is 0. The van der Waals surface area contributed by atoms with Crippen molar-refractivity contribution in [2.24, 2.45) is 0 Å². The second-order valence-electron chi connectivity index (χ2n) is 6.85. The molecule has 0 aromatic heterocycles. The van der Waals surface area contributed by atoms with E-state index < -0.39 is 17.7 Å². The van der Waals surface area contributed by atoms with Crippen molar-refractivity contribution < 1.29 is 14.4 Å². The SMILES string of the molecule is Cc1ccc(C(=O)N(C(=O)c2ccc(C)cc2)C(=O)c2ccc(C)cc2)cc1. The van der Waals surface area contributed by atoms with Gasteiger partial charge in [-0.25, -0.2) is 4.90 Å². The van der Waals surface area contributed by atoms with Crippen LogP contribution in [0.2, 0.25) is 0 Å². The van der Waals surface area contributed by atoms with E-state index in [2.05, 4.69) is 0 Å². The fraction of sp³-hybridized carbons (Fsp3) is 0.125. The van der Waals surface area contributed by atoms with Gasteiger partial charge in [-0.3, -0.25) is 14.4 Å². The Morgan fingerprint density at radius 3 is 0.893 bits per heavy atom. The molecule has 0 aliphatic rings. The van der Waals surface area contributed by atoms with Crippen LogP contribution in [0.15, 0.2) is 72.8 Å². The maximum Gasteiger partial charge on any atom is 0.267 e. The topological polar surface area (TPSA) is 54.5 Å². The van der Waals surface area contributed by atoms with Crippen LogP contribution in [0, 0.1) is 20.8 Å². The smallest absolute Gasteiger partial charge is 0.267 e. The number of rotatable bonds is 3. The Kier molecular flexibility index (Phi) is 5.50. The number of carbonyl (C=O) groups is 3. The zero-order chi connectivity index (χ0) is 20.3. The van der Waals surface area contributed by atoms with E-state index in [0.29, 0.717) is 0 Å². The van der Waals surface area contributed by atoms with E-state index in [0.717, 1.165) is 21.6 Å². The molecule has 0 saturated heterocycles. The first-order valence-electron chi connectivity index (χ1n) is 9.00. The van der Waals surface area contributed by atoms with Gasteiger partial charge in [-0.1, -0.05) is 53.1 Å². The fourth-order valence-corrected chi connectivity index (χ4v) is 2.75. The summed E-state index contributed by atoms with van der Waals surface area (Å²) >= 11 is 0. The van der Waals surface area contributed by atoms with Crippen LogP contribution in [0.1, 0.15) is 47.8 Å². The molecule has 4 nitrogen and oxygen atoms in total. The van der Waals surface area contributed by atoms with Gasteiger partial charge in [-0.15, -0.1) is 0 Å². The van der Waals surface area contributed by atoms with Crippen LogP contribution in [0.25, 0.3) is 0 Å². The molecule has 0 N–H and O–H groups in total. The van der Waals surface area contributed by atoms with Gasteiger partial charge in [-0.05, 0) is 57.2 Å². The predicted octanol–water partition coefficient (Wildman–Crippen LogP) is 4.73. The second-order valence-corrected chi connectivity index (χ2v) is 6.85. The lowest BCUT2D eigenvalue weighted by atomic mass is 10.1. The van der Waals surface area contributed by atoms with Crippen molar-refractivity contribution in [3.8, 4) is 0 Å². The molecule has 140 valence electrons. The molecule has 3 rings (SSSR count). The molecule has 3 aromatic carbocycles. The largest absolute Gasteiger partial charge is 0.268 e. The first-order chi connectivity index (χ1) is 13.4. The Bertz CT molecular complexity index is 880. The van der Waals surface area contributed by atoms with Crippen LogP contribution in [0.4, 0.5) is 0 Å². The minimum Gasteiger partial charge on any atom is -0.268 e. The first-order valence-corrected chi connectivity index (χ1v) is 9.00. The van der Waals surface area contributed by atoms with E-state index in [1.54, 1.807) is 72.8 Å². The molecule has 0 heterocycles. The van der Waals surface area contributed by atoms with Crippen molar-refractivity contribution in [2.75, 3.05) is 0 Å². The van der Waals surface area contributed by atoms with Crippen LogP contribution in [0.5, 0.6) is 0 Å². The van der Waals surface area contributed by atoms with Crippen LogP contribution in [-0.4, -0.2) is 22.6 Å². The number of aryl methyl sites for hydroxylation is 3. The molecule has 4 heteroatoms. The van der Waals surface area contributed by atoms with Gasteiger partial charge in [0.1, 0.15) is 0 Å². The Morgan fingerprint density at radius 1 is 0.464 bits per heavy atom. The van der Waals surface area contributed by atoms with Gasteiger partial charge in [0.15, 0.2) is 0 Å². The summed E-state index contributed by atoms with van der Waals surface area (Å²) in [6.45, 7) is 5.71. The summed E-state index contributed by atoms with van der Waals surface area (Å²) in [4.78, 5) is 40.0. The molecule has 0 atom stereocenters. The van der Waals surface area contributed by atoms with Gasteiger partial charge in [0.25, 0.3) is 17.7 Å². The normalized spacial score (nSPS) is 10.4. The van der Waals surface area contributed by atoms with Gasteiger partial charge in [0.05, 0.1) is 0 Å². The Hall–Kier alpha value is -3.53. The molecule has 0 saturated carbocycles. The lowest BCUT2D eigenvalue weighted by Crippen LogP contribution is -2.42. The quantitative estimate of drug-likeness (QED) is 0.625. The van der Waals surface area contributed by atoms with E-state index in [1.807, 2.05) is 20.8 Å². The van der Waals surface area contributed by atoms with Crippen molar-refractivity contribution in [1.29, 1.82) is 0 Å². The summed E-state index contributed by atoms with van der Waals surface area (Å²) in [5.41, 5.74) is 3.80. The zero-order valence-corrected chi connectivity index (χ0v) is 16.1. The molecule has 0 radical (unpaired) electrons. The summed E-state index contributed by atoms with van der Waals surface area (Å²) < 4.78 is 0. The Morgan fingerprint density at radius 2 is 0.679 bits per heavy atom. The van der Waals surface area contributed by atoms with Crippen molar-refractivity contribution in [3.05, 3.63) is 106 Å². The monoisotopic (exact) mass is 371 g/mol. The van der Waals surface area contributed by atoms with Gasteiger partial charge in [0, 0.05) is 16.7 Å². The highest BCUT2D eigenvalue weighted by Gasteiger charge is 2.31. The molecule has 3 amide bonds. The van der Waals surface area contributed by atoms with E-state index >= 15 is 0 Å². The van der Waals surface area contributed by atoms with Crippen molar-refractivity contribution in [2.45, 2.75) is 20.8 Å². The summed E-state index contributed by atoms with van der Waals surface area (Å²) in [5, 5.41) is 0. The van der Waals surface area contributed by atoms with Crippen molar-refractivity contribution >= 4 is 17.7 Å². The number of amides is 3. The van der Waals surface area contributed by atoms with Gasteiger partial charge >= 0.3 is 0 Å². The summed E-state index contributed by atoms with van der Waals surface area (Å²) in [6, 6.07) is 20.4. The predicted molar refractivity (Wildman–Crippen MR) is 108 cm³/mol. The molecule has 0 fully saturated rings. The average molecular weight is 371 g/mol. The first kappa shape index (κ1) is 19.2. The summed E-state index contributed by atoms with van der Waals surface area (Å²) in [6.07, 6.45) is 0. The van der Waals surface area contributed by atoms with Gasteiger partial charge < -0.3 is 0 Å². The molecule has 28 heavy (non-hydrogen) atoms. The molecule has 0 bridgehead atoms. The third-order valence-electron chi connectivity index (χ3n) is 4.50. The maximum absolute atomic E-state index is 13.1. The van der Waals surface area contributed by atoms with E-state index in [1.165, 1.54) is 0 Å². The highest BCUT2D eigenvalue weighted by atomic mass is 16.2. The van der Waals surface area contributed by atoms with Crippen molar-refractivity contribution in [1.82, 2.24) is 4.90 Å². The van der Waals surface area contributed by atoms with Crippen LogP contribution >= 0.6 is 0 Å². The molecule has 0 spiro atoms. The molecule has 0 aliphatic heterocycles. The third-order valence-corrected chi connectivity index (χ3v) is 4.50. The van der Waals surface area contributed by atoms with Crippen LogP contribution in [0.3, 0.4) is 0 Å². The summed E-state index contributed by atoms with van der Waals surface area (Å²) in [5.74, 6) is -1.93. The molecule has 3 aromatic rings. The Balaban J connectivity index is 2.04. The zero-order valence-electron chi connectivity index (χ0n) is 16.1. The number of carbonyl (C=O) groups excluding carboxylic acids is 3. The minimum absolute atomic E-state index is 0.284. The second kappa shape index (κ2) is 8.01. The van der Waals surface area contributed by atoms with E-state index in [4.69, 9.17) is 0 Å². The molecular weight excluding hydrogens is 350 g/mol. The molecule has 0 unspecified atom stereocenters. The highest BCUT2D eigenvalue weighted by Crippen LogP contribution is 2.16.